The van der Waals surface area contributed by atoms with E-state index in [2.05, 4.69) is 5.32 Å². The molecule has 122 valence electrons. The molecule has 1 unspecified atom stereocenters. The number of rotatable bonds is 3. The Labute approximate surface area is 142 Å². The zero-order chi connectivity index (χ0) is 17.3. The molecule has 0 radical (unpaired) electrons. The van der Waals surface area contributed by atoms with E-state index >= 15 is 0 Å². The zero-order valence-corrected chi connectivity index (χ0v) is 13.1. The average Bonchev–Trinajstić information content (AvgIpc) is 2.91. The molecule has 0 aliphatic carbocycles. The van der Waals surface area contributed by atoms with Crippen LogP contribution in [0.1, 0.15) is 12.0 Å². The molecule has 0 aromatic heterocycles. The molecule has 7 heteroatoms. The summed E-state index contributed by atoms with van der Waals surface area (Å²) in [4.78, 5) is 14.0. The van der Waals surface area contributed by atoms with Crippen molar-refractivity contribution < 1.29 is 13.6 Å². The van der Waals surface area contributed by atoms with E-state index in [0.29, 0.717) is 23.7 Å². The molecule has 3 rings (SSSR count). The number of nitrogens with zero attached hydrogens (tertiary/aromatic N) is 2. The number of halogens is 3. The van der Waals surface area contributed by atoms with E-state index in [1.807, 2.05) is 0 Å². The maximum absolute atomic E-state index is 14.0. The second kappa shape index (κ2) is 6.46. The molecule has 0 bridgehead atoms. The normalized spacial score (nSPS) is 17.0. The van der Waals surface area contributed by atoms with Gasteiger partial charge in [-0.15, -0.1) is 0 Å². The van der Waals surface area contributed by atoms with Gasteiger partial charge in [-0.25, -0.2) is 8.78 Å². The molecule has 1 aliphatic rings. The number of amides is 1. The molecule has 1 N–H and O–H groups in total. The molecule has 0 spiro atoms. The lowest BCUT2D eigenvalue weighted by atomic mass is 10.1. The highest BCUT2D eigenvalue weighted by molar-refractivity contribution is 6.31. The lowest BCUT2D eigenvalue weighted by Gasteiger charge is -2.18. The van der Waals surface area contributed by atoms with Crippen LogP contribution in [0.3, 0.4) is 0 Å². The SMILES string of the molecule is N#Cc1cc(F)c(NC2CCN(c3cccc(Cl)c3)C2=O)c(F)c1. The Bertz CT molecular complexity index is 827. The number of nitrogens with one attached hydrogen (secondary N) is 1. The van der Waals surface area contributed by atoms with Gasteiger partial charge in [-0.2, -0.15) is 5.26 Å². The predicted octanol–water partition coefficient (Wildman–Crippen LogP) is 3.71. The predicted molar refractivity (Wildman–Crippen MR) is 86.9 cm³/mol. The summed E-state index contributed by atoms with van der Waals surface area (Å²) in [6.07, 6.45) is 0.393. The molecule has 1 heterocycles. The highest BCUT2D eigenvalue weighted by Gasteiger charge is 2.33. The van der Waals surface area contributed by atoms with E-state index in [1.54, 1.807) is 30.3 Å². The molecular weight excluding hydrogens is 336 g/mol. The van der Waals surface area contributed by atoms with Gasteiger partial charge in [-0.05, 0) is 36.8 Å². The van der Waals surface area contributed by atoms with Gasteiger partial charge in [0.2, 0.25) is 5.91 Å². The van der Waals surface area contributed by atoms with Gasteiger partial charge in [0.1, 0.15) is 11.7 Å². The van der Waals surface area contributed by atoms with Gasteiger partial charge in [-0.1, -0.05) is 17.7 Å². The number of nitriles is 1. The van der Waals surface area contributed by atoms with E-state index in [4.69, 9.17) is 16.9 Å². The number of hydrogen-bond donors (Lipinski definition) is 1. The van der Waals surface area contributed by atoms with E-state index in [9.17, 15) is 13.6 Å². The van der Waals surface area contributed by atoms with Crippen LogP contribution in [-0.4, -0.2) is 18.5 Å². The minimum absolute atomic E-state index is 0.117. The Kier molecular flexibility index (Phi) is 4.36. The van der Waals surface area contributed by atoms with Crippen molar-refractivity contribution in [1.29, 1.82) is 5.26 Å². The first-order valence-corrected chi connectivity index (χ1v) is 7.60. The molecule has 1 atom stereocenters. The Hall–Kier alpha value is -2.65. The van der Waals surface area contributed by atoms with Gasteiger partial charge >= 0.3 is 0 Å². The number of carbonyl (C=O) groups is 1. The number of carbonyl (C=O) groups excluding carboxylic acids is 1. The van der Waals surface area contributed by atoms with Crippen molar-refractivity contribution in [3.63, 3.8) is 0 Å². The van der Waals surface area contributed by atoms with E-state index in [0.717, 1.165) is 12.1 Å². The highest BCUT2D eigenvalue weighted by atomic mass is 35.5. The molecule has 24 heavy (non-hydrogen) atoms. The van der Waals surface area contributed by atoms with Crippen molar-refractivity contribution >= 4 is 28.9 Å². The zero-order valence-electron chi connectivity index (χ0n) is 12.4. The summed E-state index contributed by atoms with van der Waals surface area (Å²) in [5.74, 6) is -2.10. The van der Waals surface area contributed by atoms with Crippen molar-refractivity contribution in [2.45, 2.75) is 12.5 Å². The van der Waals surface area contributed by atoms with Gasteiger partial charge in [0.05, 0.1) is 11.6 Å². The Morgan fingerprint density at radius 3 is 2.58 bits per heavy atom. The second-order valence-corrected chi connectivity index (χ2v) is 5.82. The topological polar surface area (TPSA) is 56.1 Å². The molecule has 2 aromatic rings. The van der Waals surface area contributed by atoms with Crippen LogP contribution in [0.25, 0.3) is 0 Å². The smallest absolute Gasteiger partial charge is 0.249 e. The van der Waals surface area contributed by atoms with Gasteiger partial charge < -0.3 is 10.2 Å². The number of anilines is 2. The van der Waals surface area contributed by atoms with Crippen LogP contribution >= 0.6 is 11.6 Å². The summed E-state index contributed by atoms with van der Waals surface area (Å²) in [6, 6.07) is 9.62. The standard InChI is InChI=1S/C17H12ClF2N3O/c18-11-2-1-3-12(8-11)23-5-4-15(17(23)24)22-16-13(19)6-10(9-21)7-14(16)20/h1-3,6-8,15,22H,4-5H2. The summed E-state index contributed by atoms with van der Waals surface area (Å²) in [5.41, 5.74) is 0.117. The first-order chi connectivity index (χ1) is 11.5. The molecule has 1 aliphatic heterocycles. The van der Waals surface area contributed by atoms with Crippen LogP contribution in [-0.2, 0) is 4.79 Å². The number of benzene rings is 2. The first kappa shape index (κ1) is 16.2. The van der Waals surface area contributed by atoms with E-state index in [1.165, 1.54) is 4.90 Å². The lowest BCUT2D eigenvalue weighted by Crippen LogP contribution is -2.33. The third kappa shape index (κ3) is 3.03. The molecule has 0 saturated carbocycles. The van der Waals surface area contributed by atoms with E-state index in [-0.39, 0.29) is 11.5 Å². The lowest BCUT2D eigenvalue weighted by molar-refractivity contribution is -0.117. The molecule has 2 aromatic carbocycles. The molecule has 4 nitrogen and oxygen atoms in total. The fourth-order valence-electron chi connectivity index (χ4n) is 2.66. The summed E-state index contributed by atoms with van der Waals surface area (Å²) in [6.45, 7) is 0.413. The van der Waals surface area contributed by atoms with Gasteiger partial charge in [0, 0.05) is 17.3 Å². The molecule has 1 fully saturated rings. The summed E-state index contributed by atoms with van der Waals surface area (Å²) >= 11 is 5.93. The van der Waals surface area contributed by atoms with Gasteiger partial charge in [-0.3, -0.25) is 4.79 Å². The van der Waals surface area contributed by atoms with Crippen molar-refractivity contribution in [2.24, 2.45) is 0 Å². The minimum Gasteiger partial charge on any atom is -0.369 e. The van der Waals surface area contributed by atoms with E-state index < -0.39 is 23.4 Å². The van der Waals surface area contributed by atoms with Crippen LogP contribution in [0.15, 0.2) is 36.4 Å². The molecule has 1 amide bonds. The Morgan fingerprint density at radius 2 is 1.96 bits per heavy atom. The molecular formula is C17H12ClF2N3O. The van der Waals surface area contributed by atoms with Crippen LogP contribution in [0.4, 0.5) is 20.2 Å². The second-order valence-electron chi connectivity index (χ2n) is 5.38. The monoisotopic (exact) mass is 347 g/mol. The fraction of sp³-hybridized carbons (Fsp3) is 0.176. The maximum Gasteiger partial charge on any atom is 0.249 e. The van der Waals surface area contributed by atoms with Gasteiger partial charge in [0.15, 0.2) is 11.6 Å². The summed E-state index contributed by atoms with van der Waals surface area (Å²) in [7, 11) is 0. The number of hydrogen-bond acceptors (Lipinski definition) is 3. The highest BCUT2D eigenvalue weighted by Crippen LogP contribution is 2.28. The first-order valence-electron chi connectivity index (χ1n) is 7.22. The van der Waals surface area contributed by atoms with Crippen molar-refractivity contribution in [2.75, 3.05) is 16.8 Å². The summed E-state index contributed by atoms with van der Waals surface area (Å²) < 4.78 is 27.9. The largest absolute Gasteiger partial charge is 0.369 e. The van der Waals surface area contributed by atoms with Crippen molar-refractivity contribution in [1.82, 2.24) is 0 Å². The third-order valence-electron chi connectivity index (χ3n) is 3.82. The quantitative estimate of drug-likeness (QED) is 0.921. The van der Waals surface area contributed by atoms with Crippen LogP contribution in [0.5, 0.6) is 0 Å². The fourth-order valence-corrected chi connectivity index (χ4v) is 2.85. The average molecular weight is 348 g/mol. The minimum atomic E-state index is -0.902. The Balaban J connectivity index is 1.81. The van der Waals surface area contributed by atoms with Gasteiger partial charge in [0.25, 0.3) is 0 Å². The van der Waals surface area contributed by atoms with Crippen molar-refractivity contribution in [3.05, 3.63) is 58.6 Å². The summed E-state index contributed by atoms with van der Waals surface area (Å²) in [5, 5.41) is 11.8. The van der Waals surface area contributed by atoms with Crippen LogP contribution in [0.2, 0.25) is 5.02 Å². The maximum atomic E-state index is 14.0. The van der Waals surface area contributed by atoms with Crippen LogP contribution < -0.4 is 10.2 Å². The Morgan fingerprint density at radius 1 is 1.25 bits per heavy atom. The molecule has 1 saturated heterocycles. The van der Waals surface area contributed by atoms with Crippen LogP contribution in [0, 0.1) is 23.0 Å². The van der Waals surface area contributed by atoms with Crippen molar-refractivity contribution in [3.8, 4) is 6.07 Å². The third-order valence-corrected chi connectivity index (χ3v) is 4.05.